The van der Waals surface area contributed by atoms with Crippen molar-refractivity contribution in [2.24, 2.45) is 0 Å². The van der Waals surface area contributed by atoms with E-state index < -0.39 is 12.1 Å². The molecular weight excluding hydrogens is 463 g/mol. The number of thioether (sulfide) groups is 1. The molecule has 0 spiro atoms. The zero-order chi connectivity index (χ0) is 5.98. The minimum atomic E-state index is -0.620. The predicted molar refractivity (Wildman–Crippen MR) is 66.1 cm³/mol. The van der Waals surface area contributed by atoms with Crippen LogP contribution >= 0.6 is 61.1 Å². The molecule has 0 aromatic rings. The second-order valence-corrected chi connectivity index (χ2v) is 25.7. The van der Waals surface area contributed by atoms with E-state index in [1.807, 2.05) is 0 Å². The fourth-order valence-corrected chi connectivity index (χ4v) is 10.2. The summed E-state index contributed by atoms with van der Waals surface area (Å²) in [6.45, 7) is 1.35. The van der Waals surface area contributed by atoms with E-state index in [-0.39, 0.29) is 0 Å². The summed E-state index contributed by atoms with van der Waals surface area (Å²) in [5, 5.41) is 0. The van der Waals surface area contributed by atoms with Crippen LogP contribution in [-0.4, -0.2) is 21.3 Å². The zero-order valence-corrected chi connectivity index (χ0v) is 11.4. The first-order valence-corrected chi connectivity index (χ1v) is 16.9. The van der Waals surface area contributed by atoms with Crippen LogP contribution in [0.4, 0.5) is 0 Å². The Kier molecular flexibility index (Phi) is 4.72. The molecule has 1 fully saturated rings. The summed E-state index contributed by atoms with van der Waals surface area (Å²) in [4.78, 5) is 0. The molecule has 0 unspecified atom stereocenters. The third kappa shape index (κ3) is 2.62. The Labute approximate surface area is 80.8 Å². The van der Waals surface area contributed by atoms with Gasteiger partial charge in [-0.15, -0.1) is 0 Å². The topological polar surface area (TPSA) is 3.24 Å². The van der Waals surface area contributed by atoms with Crippen LogP contribution in [0, 0.1) is 0 Å². The molecule has 0 aromatic heterocycles. The van der Waals surface area contributed by atoms with Crippen molar-refractivity contribution in [2.45, 2.75) is 0 Å². The molecule has 50 valence electrons. The normalized spacial score (nSPS) is 24.0. The van der Waals surface area contributed by atoms with E-state index in [1.54, 1.807) is 0 Å². The molecule has 5 heteroatoms. The van der Waals surface area contributed by atoms with Gasteiger partial charge in [0, 0.05) is 0 Å². The fourth-order valence-electron chi connectivity index (χ4n) is 0.493. The molecule has 0 N–H and O–H groups in total. The predicted octanol–water partition coefficient (Wildman–Crippen LogP) is 3.11. The van der Waals surface area contributed by atoms with Gasteiger partial charge in [-0.1, -0.05) is 0 Å². The van der Waals surface area contributed by atoms with Gasteiger partial charge in [0.15, 0.2) is 0 Å². The molecule has 1 heterocycles. The molecule has 0 radical (unpaired) electrons. The molecule has 1 aliphatic rings. The van der Waals surface area contributed by atoms with Crippen LogP contribution in [0.15, 0.2) is 0 Å². The first kappa shape index (κ1) is 8.60. The van der Waals surface area contributed by atoms with Gasteiger partial charge in [0.25, 0.3) is 0 Å². The Morgan fingerprint density at radius 1 is 1.50 bits per heavy atom. The molecular formula is C3H6I3NS. The van der Waals surface area contributed by atoms with Gasteiger partial charge in [0.05, 0.1) is 0 Å². The van der Waals surface area contributed by atoms with Crippen LogP contribution in [0.25, 0.3) is 0 Å². The summed E-state index contributed by atoms with van der Waals surface area (Å²) in [5.41, 5.74) is 0. The maximum absolute atomic E-state index is 2.62. The third-order valence-corrected chi connectivity index (χ3v) is 11.1. The Hall–Kier alpha value is 2.50. The molecule has 0 saturated carbocycles. The Balaban J connectivity index is 2.24. The van der Waals surface area contributed by atoms with Crippen molar-refractivity contribution >= 4 is 61.1 Å². The van der Waals surface area contributed by atoms with Gasteiger partial charge >= 0.3 is 82.4 Å². The summed E-state index contributed by atoms with van der Waals surface area (Å²) < 4.78 is 2.62. The van der Waals surface area contributed by atoms with Crippen LogP contribution in [0.3, 0.4) is 0 Å². The van der Waals surface area contributed by atoms with Crippen LogP contribution in [0.1, 0.15) is 0 Å². The van der Waals surface area contributed by atoms with Crippen molar-refractivity contribution in [1.29, 1.82) is 0 Å². The molecule has 1 rings (SSSR count). The van der Waals surface area contributed by atoms with Gasteiger partial charge in [-0.3, -0.25) is 0 Å². The van der Waals surface area contributed by atoms with Gasteiger partial charge in [0.2, 0.25) is 0 Å². The van der Waals surface area contributed by atoms with Gasteiger partial charge in [-0.2, -0.15) is 0 Å². The monoisotopic (exact) mass is 469 g/mol. The first-order chi connectivity index (χ1) is 3.80. The van der Waals surface area contributed by atoms with E-state index >= 15 is 0 Å². The van der Waals surface area contributed by atoms with Crippen molar-refractivity contribution in [2.75, 3.05) is 18.2 Å². The van der Waals surface area contributed by atoms with Crippen LogP contribution in [0.2, 0.25) is 0 Å². The third-order valence-electron chi connectivity index (χ3n) is 0.890. The van der Waals surface area contributed by atoms with E-state index in [9.17, 15) is 0 Å². The second-order valence-electron chi connectivity index (χ2n) is 1.41. The van der Waals surface area contributed by atoms with Crippen LogP contribution < -0.4 is 0 Å². The van der Waals surface area contributed by atoms with Gasteiger partial charge < -0.3 is 0 Å². The Bertz CT molecular complexity index is 72.9. The van der Waals surface area contributed by atoms with E-state index in [1.165, 1.54) is 18.2 Å². The van der Waals surface area contributed by atoms with Crippen molar-refractivity contribution in [3.05, 3.63) is 0 Å². The summed E-state index contributed by atoms with van der Waals surface area (Å²) in [5.74, 6) is 2.66. The minimum absolute atomic E-state index is 0.620. The average Bonchev–Trinajstić information content (AvgIpc) is 2.12. The second kappa shape index (κ2) is 4.39. The van der Waals surface area contributed by atoms with E-state index in [2.05, 4.69) is 52.1 Å². The van der Waals surface area contributed by atoms with Crippen LogP contribution in [0.5, 0.6) is 0 Å². The number of halogens is 3. The first-order valence-electron chi connectivity index (χ1n) is 2.16. The van der Waals surface area contributed by atoms with E-state index in [0.717, 1.165) is 0 Å². The van der Waals surface area contributed by atoms with Crippen molar-refractivity contribution in [3.63, 3.8) is 0 Å². The van der Waals surface area contributed by atoms with Crippen molar-refractivity contribution in [3.8, 4) is 0 Å². The Morgan fingerprint density at radius 2 is 2.25 bits per heavy atom. The molecule has 0 atom stereocenters. The summed E-state index contributed by atoms with van der Waals surface area (Å²) in [6, 6.07) is 0. The SMILES string of the molecule is II(I)N1CCSC1. The molecule has 1 saturated heterocycles. The molecule has 0 aliphatic carbocycles. The molecule has 1 nitrogen and oxygen atoms in total. The maximum atomic E-state index is 2.62. The van der Waals surface area contributed by atoms with Crippen LogP contribution in [-0.2, 0) is 0 Å². The molecule has 0 amide bonds. The number of hydrogen-bond acceptors (Lipinski definition) is 2. The average molecular weight is 469 g/mol. The van der Waals surface area contributed by atoms with E-state index in [0.29, 0.717) is 0 Å². The number of hydrogen-bond donors (Lipinski definition) is 0. The summed E-state index contributed by atoms with van der Waals surface area (Å²) >= 11 is 6.65. The quantitative estimate of drug-likeness (QED) is 0.430. The van der Waals surface area contributed by atoms with Gasteiger partial charge in [-0.25, -0.2) is 0 Å². The molecule has 0 aromatic carbocycles. The number of rotatable bonds is 1. The Morgan fingerprint density at radius 3 is 2.50 bits per heavy atom. The van der Waals surface area contributed by atoms with Crippen molar-refractivity contribution < 1.29 is 0 Å². The molecule has 8 heavy (non-hydrogen) atoms. The zero-order valence-electron chi connectivity index (χ0n) is 4.11. The number of nitrogens with zero attached hydrogens (tertiary/aromatic N) is 1. The van der Waals surface area contributed by atoms with Gasteiger partial charge in [-0.05, 0) is 0 Å². The molecule has 0 bridgehead atoms. The summed E-state index contributed by atoms with van der Waals surface area (Å²) in [6.07, 6.45) is 0. The molecule has 1 aliphatic heterocycles. The van der Waals surface area contributed by atoms with Crippen molar-refractivity contribution in [1.82, 2.24) is 3.11 Å². The standard InChI is InChI=1S/C3H6I3NS/c4-6(5)7-1-2-8-3-7/h1-3H2. The van der Waals surface area contributed by atoms with Gasteiger partial charge in [0.1, 0.15) is 0 Å². The van der Waals surface area contributed by atoms with E-state index in [4.69, 9.17) is 0 Å². The fraction of sp³-hybridized carbons (Fsp3) is 1.00. The summed E-state index contributed by atoms with van der Waals surface area (Å²) in [7, 11) is 0.